The largest absolute Gasteiger partial charge is 0.320 e. The van der Waals surface area contributed by atoms with Crippen molar-refractivity contribution in [2.45, 2.75) is 6.04 Å². The molecule has 0 aliphatic heterocycles. The van der Waals surface area contributed by atoms with E-state index in [2.05, 4.69) is 0 Å². The molecule has 0 amide bonds. The molecule has 0 bridgehead atoms. The fourth-order valence-electron chi connectivity index (χ4n) is 1.58. The van der Waals surface area contributed by atoms with Gasteiger partial charge in [-0.3, -0.25) is 0 Å². The first-order chi connectivity index (χ1) is 7.68. The van der Waals surface area contributed by atoms with Crippen LogP contribution in [0.1, 0.15) is 17.2 Å². The van der Waals surface area contributed by atoms with Crippen LogP contribution >= 0.6 is 11.6 Å². The van der Waals surface area contributed by atoms with Gasteiger partial charge < -0.3 is 5.73 Å². The van der Waals surface area contributed by atoms with Crippen molar-refractivity contribution < 1.29 is 4.39 Å². The van der Waals surface area contributed by atoms with Crippen LogP contribution in [0.2, 0.25) is 5.02 Å². The molecule has 1 nitrogen and oxygen atoms in total. The van der Waals surface area contributed by atoms with Crippen molar-refractivity contribution in [3.05, 3.63) is 70.5 Å². The van der Waals surface area contributed by atoms with Crippen molar-refractivity contribution in [3.63, 3.8) is 0 Å². The summed E-state index contributed by atoms with van der Waals surface area (Å²) >= 11 is 5.78. The lowest BCUT2D eigenvalue weighted by Gasteiger charge is -2.13. The van der Waals surface area contributed by atoms with E-state index in [4.69, 9.17) is 17.3 Å². The summed E-state index contributed by atoms with van der Waals surface area (Å²) in [6.07, 6.45) is 0. The van der Waals surface area contributed by atoms with Crippen LogP contribution in [0.15, 0.2) is 48.5 Å². The van der Waals surface area contributed by atoms with Gasteiger partial charge in [-0.2, -0.15) is 0 Å². The zero-order chi connectivity index (χ0) is 11.5. The highest BCUT2D eigenvalue weighted by molar-refractivity contribution is 6.30. The topological polar surface area (TPSA) is 26.0 Å². The molecule has 2 N–H and O–H groups in total. The second-order valence-corrected chi connectivity index (χ2v) is 3.99. The van der Waals surface area contributed by atoms with Crippen LogP contribution in [0.4, 0.5) is 4.39 Å². The molecule has 0 radical (unpaired) electrons. The number of hydrogen-bond donors (Lipinski definition) is 1. The van der Waals surface area contributed by atoms with Gasteiger partial charge in [-0.05, 0) is 23.8 Å². The van der Waals surface area contributed by atoms with Gasteiger partial charge in [-0.1, -0.05) is 41.9 Å². The second-order valence-electron chi connectivity index (χ2n) is 3.55. The van der Waals surface area contributed by atoms with Gasteiger partial charge in [0.15, 0.2) is 0 Å². The predicted molar refractivity (Wildman–Crippen MR) is 63.9 cm³/mol. The summed E-state index contributed by atoms with van der Waals surface area (Å²) < 4.78 is 13.5. The molecule has 0 spiro atoms. The maximum Gasteiger partial charge on any atom is 0.128 e. The highest BCUT2D eigenvalue weighted by Gasteiger charge is 2.12. The van der Waals surface area contributed by atoms with Gasteiger partial charge in [0.2, 0.25) is 0 Å². The van der Waals surface area contributed by atoms with E-state index in [0.717, 1.165) is 5.56 Å². The van der Waals surface area contributed by atoms with Crippen molar-refractivity contribution in [1.29, 1.82) is 0 Å². The minimum Gasteiger partial charge on any atom is -0.320 e. The second kappa shape index (κ2) is 4.64. The molecular weight excluding hydrogens is 225 g/mol. The van der Waals surface area contributed by atoms with Gasteiger partial charge in [0.1, 0.15) is 5.82 Å². The zero-order valence-corrected chi connectivity index (χ0v) is 9.29. The summed E-state index contributed by atoms with van der Waals surface area (Å²) in [6, 6.07) is 13.2. The van der Waals surface area contributed by atoms with Crippen molar-refractivity contribution in [2.75, 3.05) is 0 Å². The van der Waals surface area contributed by atoms with Gasteiger partial charge in [0.05, 0.1) is 6.04 Å². The molecule has 3 heteroatoms. The Balaban J connectivity index is 2.35. The number of benzene rings is 2. The van der Waals surface area contributed by atoms with Crippen LogP contribution in [0.25, 0.3) is 0 Å². The van der Waals surface area contributed by atoms with Gasteiger partial charge >= 0.3 is 0 Å². The minimum absolute atomic E-state index is 0.287. The Morgan fingerprint density at radius 1 is 1.00 bits per heavy atom. The van der Waals surface area contributed by atoms with E-state index in [0.29, 0.717) is 10.6 Å². The summed E-state index contributed by atoms with van der Waals surface area (Å²) in [5, 5.41) is 0.643. The van der Waals surface area contributed by atoms with E-state index in [1.54, 1.807) is 42.5 Å². The SMILES string of the molecule is NC(c1ccc(Cl)cc1)c1ccccc1F. The molecule has 1 atom stereocenters. The lowest BCUT2D eigenvalue weighted by Crippen LogP contribution is -2.13. The fraction of sp³-hybridized carbons (Fsp3) is 0.0769. The Labute approximate surface area is 98.7 Å². The molecule has 2 aromatic carbocycles. The first-order valence-corrected chi connectivity index (χ1v) is 5.32. The van der Waals surface area contributed by atoms with Crippen LogP contribution in [0.3, 0.4) is 0 Å². The van der Waals surface area contributed by atoms with Crippen LogP contribution in [0.5, 0.6) is 0 Å². The molecule has 0 aromatic heterocycles. The predicted octanol–water partition coefficient (Wildman–Crippen LogP) is 3.53. The molecule has 16 heavy (non-hydrogen) atoms. The van der Waals surface area contributed by atoms with Gasteiger partial charge in [-0.15, -0.1) is 0 Å². The normalized spacial score (nSPS) is 12.4. The maximum atomic E-state index is 13.5. The van der Waals surface area contributed by atoms with Crippen LogP contribution in [-0.4, -0.2) is 0 Å². The Hall–Kier alpha value is -1.38. The molecule has 0 aliphatic carbocycles. The summed E-state index contributed by atoms with van der Waals surface area (Å²) in [7, 11) is 0. The third kappa shape index (κ3) is 2.23. The third-order valence-corrected chi connectivity index (χ3v) is 2.72. The Morgan fingerprint density at radius 3 is 2.25 bits per heavy atom. The lowest BCUT2D eigenvalue weighted by molar-refractivity contribution is 0.599. The lowest BCUT2D eigenvalue weighted by atomic mass is 9.99. The van der Waals surface area contributed by atoms with Crippen molar-refractivity contribution in [1.82, 2.24) is 0 Å². The molecular formula is C13H11ClFN. The molecule has 1 unspecified atom stereocenters. The quantitative estimate of drug-likeness (QED) is 0.847. The first kappa shape index (κ1) is 11.1. The summed E-state index contributed by atoms with van der Waals surface area (Å²) in [5.41, 5.74) is 7.32. The van der Waals surface area contributed by atoms with Gasteiger partial charge in [0, 0.05) is 10.6 Å². The molecule has 0 heterocycles. The molecule has 0 saturated heterocycles. The summed E-state index contributed by atoms with van der Waals surface area (Å²) in [4.78, 5) is 0. The van der Waals surface area contributed by atoms with E-state index in [-0.39, 0.29) is 5.82 Å². The molecule has 0 saturated carbocycles. The average Bonchev–Trinajstić information content (AvgIpc) is 2.30. The molecule has 2 aromatic rings. The Kier molecular flexibility index (Phi) is 3.22. The Morgan fingerprint density at radius 2 is 1.62 bits per heavy atom. The molecule has 0 fully saturated rings. The van der Waals surface area contributed by atoms with Crippen LogP contribution in [-0.2, 0) is 0 Å². The fourth-order valence-corrected chi connectivity index (χ4v) is 1.70. The maximum absolute atomic E-state index is 13.5. The Bertz CT molecular complexity index is 482. The molecule has 0 aliphatic rings. The van der Waals surface area contributed by atoms with E-state index in [1.165, 1.54) is 6.07 Å². The highest BCUT2D eigenvalue weighted by Crippen LogP contribution is 2.23. The zero-order valence-electron chi connectivity index (χ0n) is 8.53. The van der Waals surface area contributed by atoms with E-state index < -0.39 is 6.04 Å². The molecule has 82 valence electrons. The third-order valence-electron chi connectivity index (χ3n) is 2.47. The van der Waals surface area contributed by atoms with Crippen molar-refractivity contribution >= 4 is 11.6 Å². The summed E-state index contributed by atoms with van der Waals surface area (Å²) in [6.45, 7) is 0. The van der Waals surface area contributed by atoms with E-state index in [1.807, 2.05) is 0 Å². The number of halogens is 2. The average molecular weight is 236 g/mol. The van der Waals surface area contributed by atoms with Crippen molar-refractivity contribution in [2.24, 2.45) is 5.73 Å². The number of nitrogens with two attached hydrogens (primary N) is 1. The van der Waals surface area contributed by atoms with Gasteiger partial charge in [-0.25, -0.2) is 4.39 Å². The number of rotatable bonds is 2. The standard InChI is InChI=1S/C13H11ClFN/c14-10-7-5-9(6-8-10)13(16)11-3-1-2-4-12(11)15/h1-8,13H,16H2. The highest BCUT2D eigenvalue weighted by atomic mass is 35.5. The summed E-state index contributed by atoms with van der Waals surface area (Å²) in [5.74, 6) is -0.287. The minimum atomic E-state index is -0.460. The first-order valence-electron chi connectivity index (χ1n) is 4.94. The number of hydrogen-bond acceptors (Lipinski definition) is 1. The van der Waals surface area contributed by atoms with Crippen LogP contribution in [0, 0.1) is 5.82 Å². The molecule has 2 rings (SSSR count). The smallest absolute Gasteiger partial charge is 0.128 e. The van der Waals surface area contributed by atoms with E-state index in [9.17, 15) is 4.39 Å². The van der Waals surface area contributed by atoms with Crippen molar-refractivity contribution in [3.8, 4) is 0 Å². The van der Waals surface area contributed by atoms with Gasteiger partial charge in [0.25, 0.3) is 0 Å². The monoisotopic (exact) mass is 235 g/mol. The van der Waals surface area contributed by atoms with E-state index >= 15 is 0 Å². The van der Waals surface area contributed by atoms with Crippen LogP contribution < -0.4 is 5.73 Å².